The lowest BCUT2D eigenvalue weighted by atomic mass is 10.2. The van der Waals surface area contributed by atoms with E-state index in [1.54, 1.807) is 18.5 Å². The van der Waals surface area contributed by atoms with E-state index in [0.717, 1.165) is 22.5 Å². The number of rotatable bonds is 4. The number of anilines is 1. The van der Waals surface area contributed by atoms with Crippen molar-refractivity contribution < 1.29 is 17.2 Å². The fourth-order valence-corrected chi connectivity index (χ4v) is 3.78. The number of hydrogen-bond acceptors (Lipinski definition) is 5. The van der Waals surface area contributed by atoms with Crippen LogP contribution in [0.1, 0.15) is 0 Å². The van der Waals surface area contributed by atoms with Crippen molar-refractivity contribution in [3.63, 3.8) is 0 Å². The molecule has 0 saturated carbocycles. The van der Waals surface area contributed by atoms with E-state index >= 15 is 0 Å². The van der Waals surface area contributed by atoms with Crippen molar-refractivity contribution in [3.05, 3.63) is 48.3 Å². The van der Waals surface area contributed by atoms with Gasteiger partial charge >= 0.3 is 0 Å². The summed E-state index contributed by atoms with van der Waals surface area (Å²) in [6.07, 6.45) is 3.11. The molecule has 1 N–H and O–H groups in total. The van der Waals surface area contributed by atoms with Gasteiger partial charge in [0.25, 0.3) is 0 Å². The van der Waals surface area contributed by atoms with Crippen LogP contribution in [-0.4, -0.2) is 41.8 Å². The molecule has 1 fully saturated rings. The number of nitrogens with zero attached hydrogens (tertiary/aromatic N) is 3. The molecular weight excluding hydrogens is 314 g/mol. The molecule has 2 heterocycles. The third-order valence-corrected chi connectivity index (χ3v) is 5.15. The Kier molecular flexibility index (Phi) is 3.75. The second-order valence-corrected chi connectivity index (χ2v) is 6.66. The van der Waals surface area contributed by atoms with Crippen LogP contribution in [0.25, 0.3) is 0 Å². The number of aromatic nitrogens is 2. The van der Waals surface area contributed by atoms with Gasteiger partial charge in [-0.25, -0.2) is 27.2 Å². The van der Waals surface area contributed by atoms with Gasteiger partial charge in [0, 0.05) is 25.5 Å². The number of hydrogen-bond donors (Lipinski definition) is 1. The van der Waals surface area contributed by atoms with Crippen LogP contribution in [0.2, 0.25) is 0 Å². The van der Waals surface area contributed by atoms with E-state index in [9.17, 15) is 17.2 Å². The number of benzene rings is 1. The largest absolute Gasteiger partial charge is 0.349 e. The number of nitrogens with one attached hydrogen (secondary N) is 1. The smallest absolute Gasteiger partial charge is 0.249 e. The first-order valence-corrected chi connectivity index (χ1v) is 7.90. The molecular formula is C13H12F2N4O2S. The van der Waals surface area contributed by atoms with Gasteiger partial charge in [0.1, 0.15) is 11.6 Å². The van der Waals surface area contributed by atoms with Crippen LogP contribution in [0.5, 0.6) is 0 Å². The van der Waals surface area contributed by atoms with Crippen LogP contribution in [0.4, 0.5) is 14.7 Å². The van der Waals surface area contributed by atoms with E-state index in [4.69, 9.17) is 0 Å². The molecule has 1 saturated heterocycles. The van der Waals surface area contributed by atoms with E-state index in [1.807, 2.05) is 0 Å². The molecule has 0 radical (unpaired) electrons. The number of halogens is 2. The first-order valence-electron chi connectivity index (χ1n) is 6.46. The average Bonchev–Trinajstić information content (AvgIpc) is 2.43. The highest BCUT2D eigenvalue weighted by atomic mass is 32.2. The third-order valence-electron chi connectivity index (χ3n) is 3.26. The van der Waals surface area contributed by atoms with Crippen LogP contribution in [0.3, 0.4) is 0 Å². The Morgan fingerprint density at radius 1 is 1.09 bits per heavy atom. The van der Waals surface area contributed by atoms with Crippen molar-refractivity contribution in [2.45, 2.75) is 10.9 Å². The SMILES string of the molecule is O=S(=O)(c1c(F)cccc1F)N1CC(Nc2ncccn2)C1. The van der Waals surface area contributed by atoms with Gasteiger partial charge in [0.2, 0.25) is 16.0 Å². The zero-order chi connectivity index (χ0) is 15.7. The molecule has 0 unspecified atom stereocenters. The Balaban J connectivity index is 1.72. The summed E-state index contributed by atoms with van der Waals surface area (Å²) in [6.45, 7) is 0.183. The summed E-state index contributed by atoms with van der Waals surface area (Å²) in [6, 6.07) is 4.42. The zero-order valence-electron chi connectivity index (χ0n) is 11.3. The van der Waals surface area contributed by atoms with E-state index < -0.39 is 26.6 Å². The molecule has 1 aliphatic heterocycles. The van der Waals surface area contributed by atoms with Gasteiger partial charge in [0.05, 0.1) is 6.04 Å². The maximum absolute atomic E-state index is 13.6. The molecule has 1 aromatic carbocycles. The van der Waals surface area contributed by atoms with Gasteiger partial charge < -0.3 is 5.32 Å². The summed E-state index contributed by atoms with van der Waals surface area (Å²) in [5.74, 6) is -1.81. The molecule has 0 amide bonds. The molecule has 9 heteroatoms. The lowest BCUT2D eigenvalue weighted by Gasteiger charge is -2.38. The summed E-state index contributed by atoms with van der Waals surface area (Å²) >= 11 is 0. The Bertz CT molecular complexity index is 760. The molecule has 116 valence electrons. The lowest BCUT2D eigenvalue weighted by molar-refractivity contribution is 0.277. The van der Waals surface area contributed by atoms with Crippen molar-refractivity contribution in [1.82, 2.24) is 14.3 Å². The third kappa shape index (κ3) is 2.64. The molecule has 0 bridgehead atoms. The molecule has 3 rings (SSSR count). The van der Waals surface area contributed by atoms with E-state index in [0.29, 0.717) is 5.95 Å². The first-order chi connectivity index (χ1) is 10.5. The Hall–Kier alpha value is -2.13. The Labute approximate surface area is 125 Å². The van der Waals surface area contributed by atoms with Crippen LogP contribution in [0, 0.1) is 11.6 Å². The van der Waals surface area contributed by atoms with Crippen molar-refractivity contribution in [1.29, 1.82) is 0 Å². The maximum atomic E-state index is 13.6. The highest BCUT2D eigenvalue weighted by Gasteiger charge is 2.39. The van der Waals surface area contributed by atoms with Crippen LogP contribution < -0.4 is 5.32 Å². The second-order valence-electron chi connectivity index (χ2n) is 4.79. The van der Waals surface area contributed by atoms with E-state index in [2.05, 4.69) is 15.3 Å². The zero-order valence-corrected chi connectivity index (χ0v) is 12.1. The minimum absolute atomic E-state index is 0.0916. The molecule has 0 aliphatic carbocycles. The van der Waals surface area contributed by atoms with Gasteiger partial charge in [-0.2, -0.15) is 4.31 Å². The number of sulfonamides is 1. The summed E-state index contributed by atoms with van der Waals surface area (Å²) in [5, 5.41) is 2.95. The van der Waals surface area contributed by atoms with Crippen molar-refractivity contribution in [2.24, 2.45) is 0 Å². The average molecular weight is 326 g/mol. The lowest BCUT2D eigenvalue weighted by Crippen LogP contribution is -2.57. The Morgan fingerprint density at radius 3 is 2.27 bits per heavy atom. The van der Waals surface area contributed by atoms with Gasteiger partial charge in [0.15, 0.2) is 4.90 Å². The Morgan fingerprint density at radius 2 is 1.68 bits per heavy atom. The van der Waals surface area contributed by atoms with Crippen molar-refractivity contribution in [2.75, 3.05) is 18.4 Å². The van der Waals surface area contributed by atoms with Gasteiger partial charge in [-0.15, -0.1) is 0 Å². The minimum atomic E-state index is -4.19. The molecule has 22 heavy (non-hydrogen) atoms. The summed E-state index contributed by atoms with van der Waals surface area (Å²) in [4.78, 5) is 7.02. The molecule has 2 aromatic rings. The van der Waals surface area contributed by atoms with E-state index in [-0.39, 0.29) is 19.1 Å². The van der Waals surface area contributed by atoms with Crippen LogP contribution in [0.15, 0.2) is 41.6 Å². The highest BCUT2D eigenvalue weighted by Crippen LogP contribution is 2.26. The molecule has 6 nitrogen and oxygen atoms in total. The quantitative estimate of drug-likeness (QED) is 0.915. The predicted molar refractivity (Wildman–Crippen MR) is 74.6 cm³/mol. The fraction of sp³-hybridized carbons (Fsp3) is 0.231. The minimum Gasteiger partial charge on any atom is -0.349 e. The van der Waals surface area contributed by atoms with Gasteiger partial charge in [-0.1, -0.05) is 6.07 Å². The second kappa shape index (κ2) is 5.58. The molecule has 1 aromatic heterocycles. The predicted octanol–water partition coefficient (Wildman–Crippen LogP) is 1.24. The molecule has 1 aliphatic rings. The van der Waals surface area contributed by atoms with Crippen LogP contribution in [-0.2, 0) is 10.0 Å². The van der Waals surface area contributed by atoms with Crippen molar-refractivity contribution in [3.8, 4) is 0 Å². The molecule has 0 atom stereocenters. The summed E-state index contributed by atoms with van der Waals surface area (Å²) in [5.41, 5.74) is 0. The summed E-state index contributed by atoms with van der Waals surface area (Å²) < 4.78 is 52.7. The van der Waals surface area contributed by atoms with Gasteiger partial charge in [-0.05, 0) is 18.2 Å². The molecule has 0 spiro atoms. The maximum Gasteiger partial charge on any atom is 0.249 e. The first kappa shape index (κ1) is 14.8. The van der Waals surface area contributed by atoms with Gasteiger partial charge in [-0.3, -0.25) is 0 Å². The monoisotopic (exact) mass is 326 g/mol. The summed E-state index contributed by atoms with van der Waals surface area (Å²) in [7, 11) is -4.19. The fourth-order valence-electron chi connectivity index (χ4n) is 2.14. The standard InChI is InChI=1S/C13H12F2N4O2S/c14-10-3-1-4-11(15)12(10)22(20,21)19-7-9(8-19)18-13-16-5-2-6-17-13/h1-6,9H,7-8H2,(H,16,17,18). The van der Waals surface area contributed by atoms with Crippen LogP contribution >= 0.6 is 0 Å². The topological polar surface area (TPSA) is 75.2 Å². The highest BCUT2D eigenvalue weighted by molar-refractivity contribution is 7.89. The normalized spacial score (nSPS) is 16.3. The van der Waals surface area contributed by atoms with Crippen molar-refractivity contribution >= 4 is 16.0 Å². The van der Waals surface area contributed by atoms with E-state index in [1.165, 1.54) is 0 Å².